The van der Waals surface area contributed by atoms with Crippen molar-refractivity contribution in [3.63, 3.8) is 0 Å². The Hall–Kier alpha value is -0.900. The van der Waals surface area contributed by atoms with Crippen molar-refractivity contribution in [1.82, 2.24) is 0 Å². The molecule has 0 saturated carbocycles. The lowest BCUT2D eigenvalue weighted by Crippen LogP contribution is -2.20. The van der Waals surface area contributed by atoms with E-state index in [4.69, 9.17) is 4.74 Å². The second-order valence-electron chi connectivity index (χ2n) is 2.36. The fourth-order valence-corrected chi connectivity index (χ4v) is 0.963. The van der Waals surface area contributed by atoms with E-state index in [2.05, 4.69) is 4.74 Å². The lowest BCUT2D eigenvalue weighted by atomic mass is 10.1. The number of ketones is 1. The molecular formula is C7H10O4. The number of methoxy groups -OCH3 is 1. The summed E-state index contributed by atoms with van der Waals surface area (Å²) in [4.78, 5) is 21.6. The third kappa shape index (κ3) is 2.01. The molecule has 4 heteroatoms. The molecule has 1 heterocycles. The van der Waals surface area contributed by atoms with Gasteiger partial charge in [0.2, 0.25) is 0 Å². The Morgan fingerprint density at radius 1 is 1.82 bits per heavy atom. The summed E-state index contributed by atoms with van der Waals surface area (Å²) in [5.41, 5.74) is 0. The van der Waals surface area contributed by atoms with Gasteiger partial charge in [-0.1, -0.05) is 0 Å². The van der Waals surface area contributed by atoms with Crippen LogP contribution in [0.1, 0.15) is 12.8 Å². The fraction of sp³-hybridized carbons (Fsp3) is 0.714. The summed E-state index contributed by atoms with van der Waals surface area (Å²) in [6.45, 7) is 0.431. The first-order chi connectivity index (χ1) is 5.24. The van der Waals surface area contributed by atoms with Crippen molar-refractivity contribution in [1.29, 1.82) is 0 Å². The van der Waals surface area contributed by atoms with Crippen LogP contribution in [0.15, 0.2) is 0 Å². The smallest absolute Gasteiger partial charge is 0.308 e. The van der Waals surface area contributed by atoms with E-state index in [1.165, 1.54) is 7.11 Å². The van der Waals surface area contributed by atoms with E-state index in [0.717, 1.165) is 0 Å². The molecule has 4 nitrogen and oxygen atoms in total. The monoisotopic (exact) mass is 158 g/mol. The summed E-state index contributed by atoms with van der Waals surface area (Å²) >= 11 is 0. The van der Waals surface area contributed by atoms with Crippen LogP contribution in [0.25, 0.3) is 0 Å². The van der Waals surface area contributed by atoms with Gasteiger partial charge in [0, 0.05) is 6.42 Å². The highest BCUT2D eigenvalue weighted by atomic mass is 16.5. The highest BCUT2D eigenvalue weighted by molar-refractivity contribution is 5.88. The third-order valence-corrected chi connectivity index (χ3v) is 1.61. The molecule has 0 aromatic carbocycles. The second-order valence-corrected chi connectivity index (χ2v) is 2.36. The van der Waals surface area contributed by atoms with Crippen molar-refractivity contribution in [3.05, 3.63) is 0 Å². The van der Waals surface area contributed by atoms with Gasteiger partial charge in [0.15, 0.2) is 5.78 Å². The molecule has 1 rings (SSSR count). The van der Waals surface area contributed by atoms with Crippen molar-refractivity contribution in [2.45, 2.75) is 18.9 Å². The molecule has 0 aliphatic carbocycles. The van der Waals surface area contributed by atoms with E-state index in [0.29, 0.717) is 13.0 Å². The van der Waals surface area contributed by atoms with E-state index >= 15 is 0 Å². The van der Waals surface area contributed by atoms with Gasteiger partial charge in [0.25, 0.3) is 0 Å². The Labute approximate surface area is 64.5 Å². The van der Waals surface area contributed by atoms with Crippen molar-refractivity contribution < 1.29 is 19.1 Å². The van der Waals surface area contributed by atoms with Gasteiger partial charge in [-0.05, 0) is 0 Å². The van der Waals surface area contributed by atoms with E-state index < -0.39 is 12.1 Å². The van der Waals surface area contributed by atoms with Gasteiger partial charge < -0.3 is 9.47 Å². The minimum Gasteiger partial charge on any atom is -0.469 e. The molecule has 0 amide bonds. The molecule has 1 unspecified atom stereocenters. The van der Waals surface area contributed by atoms with Crippen LogP contribution in [0, 0.1) is 0 Å². The summed E-state index contributed by atoms with van der Waals surface area (Å²) in [5.74, 6) is -0.402. The number of hydrogen-bond acceptors (Lipinski definition) is 4. The molecule has 1 aliphatic rings. The van der Waals surface area contributed by atoms with Crippen LogP contribution in [-0.4, -0.2) is 31.6 Å². The molecule has 0 aromatic rings. The van der Waals surface area contributed by atoms with Gasteiger partial charge >= 0.3 is 5.97 Å². The van der Waals surface area contributed by atoms with Crippen LogP contribution < -0.4 is 0 Å². The zero-order chi connectivity index (χ0) is 8.27. The SMILES string of the molecule is COC(=O)CC1OCCC1=O. The predicted molar refractivity (Wildman–Crippen MR) is 36.0 cm³/mol. The van der Waals surface area contributed by atoms with Crippen LogP contribution in [0.3, 0.4) is 0 Å². The number of ether oxygens (including phenoxy) is 2. The van der Waals surface area contributed by atoms with E-state index in [9.17, 15) is 9.59 Å². The fourth-order valence-electron chi connectivity index (χ4n) is 0.963. The Bertz CT molecular complexity index is 175. The molecule has 62 valence electrons. The van der Waals surface area contributed by atoms with Crippen molar-refractivity contribution in [2.24, 2.45) is 0 Å². The lowest BCUT2D eigenvalue weighted by Gasteiger charge is -2.04. The lowest BCUT2D eigenvalue weighted by molar-refractivity contribution is -0.145. The van der Waals surface area contributed by atoms with Gasteiger partial charge in [-0.25, -0.2) is 0 Å². The molecule has 1 saturated heterocycles. The highest BCUT2D eigenvalue weighted by Crippen LogP contribution is 2.11. The Balaban J connectivity index is 2.36. The molecule has 0 spiro atoms. The molecule has 0 radical (unpaired) electrons. The number of hydrogen-bond donors (Lipinski definition) is 0. The van der Waals surface area contributed by atoms with Crippen LogP contribution in [0.4, 0.5) is 0 Å². The Kier molecular flexibility index (Phi) is 2.59. The average Bonchev–Trinajstić information content (AvgIpc) is 2.37. The number of rotatable bonds is 2. The van der Waals surface area contributed by atoms with Gasteiger partial charge in [0.1, 0.15) is 6.10 Å². The van der Waals surface area contributed by atoms with E-state index in [1.54, 1.807) is 0 Å². The maximum atomic E-state index is 10.9. The topological polar surface area (TPSA) is 52.6 Å². The van der Waals surface area contributed by atoms with Crippen molar-refractivity contribution in [2.75, 3.05) is 13.7 Å². The standard InChI is InChI=1S/C7H10O4/c1-10-7(9)4-6-5(8)2-3-11-6/h6H,2-4H2,1H3. The van der Waals surface area contributed by atoms with Crippen molar-refractivity contribution >= 4 is 11.8 Å². The summed E-state index contributed by atoms with van der Waals surface area (Å²) < 4.78 is 9.38. The molecule has 1 fully saturated rings. The summed E-state index contributed by atoms with van der Waals surface area (Å²) in [7, 11) is 1.29. The van der Waals surface area contributed by atoms with Crippen LogP contribution in [0.5, 0.6) is 0 Å². The first kappa shape index (κ1) is 8.20. The second kappa shape index (κ2) is 3.48. The zero-order valence-electron chi connectivity index (χ0n) is 6.33. The molecule has 0 N–H and O–H groups in total. The average molecular weight is 158 g/mol. The van der Waals surface area contributed by atoms with E-state index in [-0.39, 0.29) is 12.2 Å². The summed E-state index contributed by atoms with van der Waals surface area (Å²) in [6.07, 6.45) is -0.0840. The quantitative estimate of drug-likeness (QED) is 0.527. The molecule has 0 aromatic heterocycles. The minimum absolute atomic E-state index is 0.00426. The molecule has 1 atom stereocenters. The first-order valence-corrected chi connectivity index (χ1v) is 3.45. The zero-order valence-corrected chi connectivity index (χ0v) is 6.33. The largest absolute Gasteiger partial charge is 0.469 e. The summed E-state index contributed by atoms with van der Waals surface area (Å²) in [5, 5.41) is 0. The van der Waals surface area contributed by atoms with Gasteiger partial charge in [-0.3, -0.25) is 9.59 Å². The molecule has 1 aliphatic heterocycles. The van der Waals surface area contributed by atoms with E-state index in [1.807, 2.05) is 0 Å². The number of carbonyl (C=O) groups excluding carboxylic acids is 2. The maximum absolute atomic E-state index is 10.9. The number of esters is 1. The number of Topliss-reactive ketones (excluding diaryl/α,β-unsaturated/α-hetero) is 1. The molecule has 11 heavy (non-hydrogen) atoms. The van der Waals surface area contributed by atoms with Crippen LogP contribution >= 0.6 is 0 Å². The maximum Gasteiger partial charge on any atom is 0.308 e. The van der Waals surface area contributed by atoms with Crippen molar-refractivity contribution in [3.8, 4) is 0 Å². The Morgan fingerprint density at radius 2 is 2.55 bits per heavy atom. The minimum atomic E-state index is -0.553. The van der Waals surface area contributed by atoms with Crippen LogP contribution in [-0.2, 0) is 19.1 Å². The van der Waals surface area contributed by atoms with Gasteiger partial charge in [-0.2, -0.15) is 0 Å². The van der Waals surface area contributed by atoms with Gasteiger partial charge in [-0.15, -0.1) is 0 Å². The van der Waals surface area contributed by atoms with Gasteiger partial charge in [0.05, 0.1) is 20.1 Å². The first-order valence-electron chi connectivity index (χ1n) is 3.45. The summed E-state index contributed by atoms with van der Waals surface area (Å²) in [6, 6.07) is 0. The normalized spacial score (nSPS) is 23.7. The van der Waals surface area contributed by atoms with Crippen LogP contribution in [0.2, 0.25) is 0 Å². The highest BCUT2D eigenvalue weighted by Gasteiger charge is 2.27. The predicted octanol–water partition coefficient (Wildman–Crippen LogP) is -0.0925. The Morgan fingerprint density at radius 3 is 3.00 bits per heavy atom. The third-order valence-electron chi connectivity index (χ3n) is 1.61. The molecule has 0 bridgehead atoms. The molecular weight excluding hydrogens is 148 g/mol. The number of carbonyl (C=O) groups is 2.